The molecule has 2 heteroatoms. The number of thioether (sulfide) groups is 1. The van der Waals surface area contributed by atoms with Gasteiger partial charge in [-0.15, -0.1) is 11.8 Å². The standard InChI is InChI=1S/C11H21NS/c1-9-7-8-12-11(2,13-9)10-5-3-4-6-10/h9-10,12H,3-8H2,1-2H3. The molecule has 1 heterocycles. The van der Waals surface area contributed by atoms with Crippen molar-refractivity contribution in [3.05, 3.63) is 0 Å². The maximum Gasteiger partial charge on any atom is 0.0647 e. The molecule has 1 aliphatic heterocycles. The Morgan fingerprint density at radius 2 is 1.92 bits per heavy atom. The lowest BCUT2D eigenvalue weighted by atomic mass is 9.98. The first-order chi connectivity index (χ1) is 6.21. The van der Waals surface area contributed by atoms with Crippen LogP contribution in [0.1, 0.15) is 46.0 Å². The van der Waals surface area contributed by atoms with Crippen molar-refractivity contribution in [1.82, 2.24) is 5.32 Å². The summed E-state index contributed by atoms with van der Waals surface area (Å²) in [5.74, 6) is 0.931. The Hall–Kier alpha value is 0.310. The minimum atomic E-state index is 0.397. The van der Waals surface area contributed by atoms with E-state index in [0.717, 1.165) is 11.2 Å². The molecule has 1 saturated heterocycles. The van der Waals surface area contributed by atoms with Crippen molar-refractivity contribution in [2.24, 2.45) is 5.92 Å². The van der Waals surface area contributed by atoms with Crippen molar-refractivity contribution < 1.29 is 0 Å². The van der Waals surface area contributed by atoms with Crippen LogP contribution in [-0.2, 0) is 0 Å². The molecular weight excluding hydrogens is 178 g/mol. The highest BCUT2D eigenvalue weighted by molar-refractivity contribution is 8.01. The van der Waals surface area contributed by atoms with E-state index in [1.807, 2.05) is 0 Å². The summed E-state index contributed by atoms with van der Waals surface area (Å²) < 4.78 is 0. The zero-order valence-electron chi connectivity index (χ0n) is 8.81. The van der Waals surface area contributed by atoms with Crippen molar-refractivity contribution >= 4 is 11.8 Å². The fraction of sp³-hybridized carbons (Fsp3) is 1.00. The van der Waals surface area contributed by atoms with Gasteiger partial charge < -0.3 is 5.32 Å². The van der Waals surface area contributed by atoms with Gasteiger partial charge in [0.05, 0.1) is 4.87 Å². The van der Waals surface area contributed by atoms with E-state index in [2.05, 4.69) is 30.9 Å². The summed E-state index contributed by atoms with van der Waals surface area (Å²) in [4.78, 5) is 0.397. The molecule has 0 amide bonds. The van der Waals surface area contributed by atoms with Gasteiger partial charge in [0, 0.05) is 5.25 Å². The van der Waals surface area contributed by atoms with Gasteiger partial charge in [0.25, 0.3) is 0 Å². The third kappa shape index (κ3) is 2.04. The normalized spacial score (nSPS) is 42.5. The van der Waals surface area contributed by atoms with Crippen LogP contribution in [-0.4, -0.2) is 16.7 Å². The molecule has 0 aromatic rings. The van der Waals surface area contributed by atoms with E-state index in [1.54, 1.807) is 0 Å². The fourth-order valence-corrected chi connectivity index (χ4v) is 4.44. The first-order valence-electron chi connectivity index (χ1n) is 5.63. The van der Waals surface area contributed by atoms with E-state index >= 15 is 0 Å². The molecule has 13 heavy (non-hydrogen) atoms. The molecule has 76 valence electrons. The molecule has 2 fully saturated rings. The van der Waals surface area contributed by atoms with Gasteiger partial charge in [-0.3, -0.25) is 0 Å². The lowest BCUT2D eigenvalue weighted by molar-refractivity contribution is 0.330. The summed E-state index contributed by atoms with van der Waals surface area (Å²) in [5, 5.41) is 4.58. The van der Waals surface area contributed by atoms with Gasteiger partial charge in [0.1, 0.15) is 0 Å². The van der Waals surface area contributed by atoms with Crippen molar-refractivity contribution in [2.75, 3.05) is 6.54 Å². The van der Waals surface area contributed by atoms with E-state index in [9.17, 15) is 0 Å². The zero-order valence-corrected chi connectivity index (χ0v) is 9.62. The van der Waals surface area contributed by atoms with E-state index in [4.69, 9.17) is 0 Å². The minimum absolute atomic E-state index is 0.397. The summed E-state index contributed by atoms with van der Waals surface area (Å²) >= 11 is 2.17. The van der Waals surface area contributed by atoms with Gasteiger partial charge in [-0.05, 0) is 38.6 Å². The smallest absolute Gasteiger partial charge is 0.0647 e. The highest BCUT2D eigenvalue weighted by Crippen LogP contribution is 2.44. The van der Waals surface area contributed by atoms with Crippen molar-refractivity contribution in [1.29, 1.82) is 0 Å². The first-order valence-corrected chi connectivity index (χ1v) is 6.51. The van der Waals surface area contributed by atoms with Crippen LogP contribution >= 0.6 is 11.8 Å². The predicted octanol–water partition coefficient (Wildman–Crippen LogP) is 3.01. The largest absolute Gasteiger partial charge is 0.303 e. The van der Waals surface area contributed by atoms with Gasteiger partial charge in [-0.2, -0.15) is 0 Å². The van der Waals surface area contributed by atoms with Crippen LogP contribution < -0.4 is 5.32 Å². The average Bonchev–Trinajstić information content (AvgIpc) is 2.55. The van der Waals surface area contributed by atoms with Crippen LogP contribution in [0.3, 0.4) is 0 Å². The van der Waals surface area contributed by atoms with E-state index in [-0.39, 0.29) is 0 Å². The monoisotopic (exact) mass is 199 g/mol. The summed E-state index contributed by atoms with van der Waals surface area (Å²) in [6, 6.07) is 0. The molecule has 0 bridgehead atoms. The highest BCUT2D eigenvalue weighted by atomic mass is 32.2. The Bertz CT molecular complexity index is 177. The van der Waals surface area contributed by atoms with Gasteiger partial charge in [0.15, 0.2) is 0 Å². The van der Waals surface area contributed by atoms with E-state index < -0.39 is 0 Å². The second kappa shape index (κ2) is 3.82. The molecule has 2 rings (SSSR count). The second-order valence-corrected chi connectivity index (χ2v) is 6.62. The Morgan fingerprint density at radius 3 is 2.54 bits per heavy atom. The topological polar surface area (TPSA) is 12.0 Å². The predicted molar refractivity (Wildman–Crippen MR) is 60.0 cm³/mol. The lowest BCUT2D eigenvalue weighted by Crippen LogP contribution is -2.50. The molecule has 1 N–H and O–H groups in total. The van der Waals surface area contributed by atoms with Crippen LogP contribution in [0.2, 0.25) is 0 Å². The molecule has 0 aromatic heterocycles. The summed E-state index contributed by atoms with van der Waals surface area (Å²) in [7, 11) is 0. The molecular formula is C11H21NS. The lowest BCUT2D eigenvalue weighted by Gasteiger charge is -2.42. The van der Waals surface area contributed by atoms with E-state index in [1.165, 1.54) is 38.6 Å². The van der Waals surface area contributed by atoms with Crippen LogP contribution in [0.4, 0.5) is 0 Å². The minimum Gasteiger partial charge on any atom is -0.303 e. The first kappa shape index (κ1) is 9.85. The summed E-state index contributed by atoms with van der Waals surface area (Å²) in [6.07, 6.45) is 7.15. The maximum atomic E-state index is 3.73. The van der Waals surface area contributed by atoms with Gasteiger partial charge >= 0.3 is 0 Å². The summed E-state index contributed by atoms with van der Waals surface area (Å²) in [6.45, 7) is 6.02. The number of hydrogen-bond donors (Lipinski definition) is 1. The molecule has 2 aliphatic rings. The molecule has 1 nitrogen and oxygen atoms in total. The zero-order chi connectivity index (χ0) is 9.31. The number of nitrogens with one attached hydrogen (secondary N) is 1. The molecule has 2 unspecified atom stereocenters. The molecule has 0 aromatic carbocycles. The molecule has 1 aliphatic carbocycles. The Kier molecular flexibility index (Phi) is 2.89. The quantitative estimate of drug-likeness (QED) is 0.697. The van der Waals surface area contributed by atoms with E-state index in [0.29, 0.717) is 4.87 Å². The third-order valence-electron chi connectivity index (χ3n) is 3.61. The number of hydrogen-bond acceptors (Lipinski definition) is 2. The Morgan fingerprint density at radius 1 is 1.23 bits per heavy atom. The molecule has 2 atom stereocenters. The highest BCUT2D eigenvalue weighted by Gasteiger charge is 2.39. The van der Waals surface area contributed by atoms with Crippen molar-refractivity contribution in [3.63, 3.8) is 0 Å². The van der Waals surface area contributed by atoms with Gasteiger partial charge in [0.2, 0.25) is 0 Å². The SMILES string of the molecule is CC1CCNC(C)(C2CCCC2)S1. The fourth-order valence-electron chi connectivity index (χ4n) is 2.76. The molecule has 1 saturated carbocycles. The van der Waals surface area contributed by atoms with Gasteiger partial charge in [-0.1, -0.05) is 19.8 Å². The van der Waals surface area contributed by atoms with Crippen molar-refractivity contribution in [2.45, 2.75) is 56.1 Å². The molecule has 0 radical (unpaired) electrons. The Labute approximate surface area is 86.0 Å². The van der Waals surface area contributed by atoms with Gasteiger partial charge in [-0.25, -0.2) is 0 Å². The van der Waals surface area contributed by atoms with Crippen LogP contribution in [0, 0.1) is 5.92 Å². The molecule has 0 spiro atoms. The summed E-state index contributed by atoms with van der Waals surface area (Å²) in [5.41, 5.74) is 0. The third-order valence-corrected chi connectivity index (χ3v) is 5.21. The van der Waals surface area contributed by atoms with Crippen LogP contribution in [0.15, 0.2) is 0 Å². The number of rotatable bonds is 1. The van der Waals surface area contributed by atoms with Crippen LogP contribution in [0.5, 0.6) is 0 Å². The van der Waals surface area contributed by atoms with Crippen molar-refractivity contribution in [3.8, 4) is 0 Å². The maximum absolute atomic E-state index is 3.73. The van der Waals surface area contributed by atoms with Crippen LogP contribution in [0.25, 0.3) is 0 Å². The average molecular weight is 199 g/mol. The Balaban J connectivity index is 2.00. The second-order valence-electron chi connectivity index (χ2n) is 4.73.